The second-order valence-electron chi connectivity index (χ2n) is 3.55. The molecule has 1 saturated heterocycles. The molecule has 0 aromatic heterocycles. The quantitative estimate of drug-likeness (QED) is 0.511. The molecule has 4 atom stereocenters. The second kappa shape index (κ2) is 3.70. The summed E-state index contributed by atoms with van der Waals surface area (Å²) in [6.45, 7) is 3.56. The molecule has 0 spiro atoms. The van der Waals surface area contributed by atoms with Crippen LogP contribution < -0.4 is 0 Å². The minimum Gasteiger partial charge on any atom is -0.394 e. The minimum absolute atomic E-state index is 0.145. The van der Waals surface area contributed by atoms with E-state index in [0.29, 0.717) is 0 Å². The Morgan fingerprint density at radius 3 is 2.08 bits per heavy atom. The van der Waals surface area contributed by atoms with Gasteiger partial charge in [0.05, 0.1) is 12.7 Å². The van der Waals surface area contributed by atoms with Crippen LogP contribution in [0.15, 0.2) is 0 Å². The first-order valence-electron chi connectivity index (χ1n) is 4.20. The van der Waals surface area contributed by atoms with Crippen LogP contribution in [0.25, 0.3) is 0 Å². The summed E-state index contributed by atoms with van der Waals surface area (Å²) in [6, 6.07) is 0. The van der Waals surface area contributed by atoms with Crippen molar-refractivity contribution in [3.63, 3.8) is 0 Å². The Labute approximate surface area is 71.8 Å². The molecule has 1 rings (SSSR count). The van der Waals surface area contributed by atoms with Crippen molar-refractivity contribution in [3.8, 4) is 0 Å². The van der Waals surface area contributed by atoms with E-state index in [0.717, 1.165) is 0 Å². The van der Waals surface area contributed by atoms with Crippen LogP contribution in [-0.2, 0) is 4.74 Å². The number of aliphatic hydroxyl groups excluding tert-OH is 3. The molecule has 0 radical (unpaired) electrons. The zero-order valence-electron chi connectivity index (χ0n) is 7.34. The maximum atomic E-state index is 9.44. The Balaban J connectivity index is 2.60. The fourth-order valence-corrected chi connectivity index (χ4v) is 1.48. The smallest absolute Gasteiger partial charge is 0.111 e. The lowest BCUT2D eigenvalue weighted by Crippen LogP contribution is -2.35. The van der Waals surface area contributed by atoms with Crippen LogP contribution in [0.4, 0.5) is 0 Å². The molecule has 1 aliphatic rings. The van der Waals surface area contributed by atoms with Gasteiger partial charge >= 0.3 is 0 Å². The normalized spacial score (nSPS) is 42.5. The zero-order valence-corrected chi connectivity index (χ0v) is 7.34. The van der Waals surface area contributed by atoms with Crippen LogP contribution in [0.2, 0.25) is 0 Å². The number of hydrogen-bond donors (Lipinski definition) is 3. The molecule has 4 unspecified atom stereocenters. The summed E-state index contributed by atoms with van der Waals surface area (Å²) in [4.78, 5) is 0. The molecule has 0 bridgehead atoms. The molecule has 0 aliphatic carbocycles. The molecular formula is C8H16O4. The van der Waals surface area contributed by atoms with Crippen molar-refractivity contribution in [2.24, 2.45) is 5.92 Å². The predicted octanol–water partition coefficient (Wildman–Crippen LogP) is -0.876. The first-order valence-corrected chi connectivity index (χ1v) is 4.20. The molecule has 1 heterocycles. The van der Waals surface area contributed by atoms with Gasteiger partial charge in [-0.15, -0.1) is 0 Å². The van der Waals surface area contributed by atoms with Gasteiger partial charge in [-0.05, 0) is 5.92 Å². The van der Waals surface area contributed by atoms with Gasteiger partial charge in [0.2, 0.25) is 0 Å². The van der Waals surface area contributed by atoms with Crippen molar-refractivity contribution in [3.05, 3.63) is 0 Å². The lowest BCUT2D eigenvalue weighted by atomic mass is 10.00. The van der Waals surface area contributed by atoms with E-state index < -0.39 is 18.3 Å². The zero-order chi connectivity index (χ0) is 9.30. The van der Waals surface area contributed by atoms with E-state index in [9.17, 15) is 10.2 Å². The van der Waals surface area contributed by atoms with E-state index in [-0.39, 0.29) is 18.6 Å². The molecule has 1 fully saturated rings. The van der Waals surface area contributed by atoms with Crippen molar-refractivity contribution in [2.45, 2.75) is 38.3 Å². The van der Waals surface area contributed by atoms with Gasteiger partial charge in [0.25, 0.3) is 0 Å². The van der Waals surface area contributed by atoms with Crippen LogP contribution in [0.1, 0.15) is 13.8 Å². The lowest BCUT2D eigenvalue weighted by molar-refractivity contribution is -0.0369. The van der Waals surface area contributed by atoms with Crippen LogP contribution in [-0.4, -0.2) is 46.3 Å². The fourth-order valence-electron chi connectivity index (χ4n) is 1.48. The Morgan fingerprint density at radius 2 is 1.83 bits per heavy atom. The summed E-state index contributed by atoms with van der Waals surface area (Å²) >= 11 is 0. The maximum absolute atomic E-state index is 9.44. The summed E-state index contributed by atoms with van der Waals surface area (Å²) in [5.74, 6) is 0.145. The first-order chi connectivity index (χ1) is 5.57. The van der Waals surface area contributed by atoms with Crippen LogP contribution in [0.5, 0.6) is 0 Å². The monoisotopic (exact) mass is 176 g/mol. The standard InChI is InChI=1S/C8H16O4/c1-4(2)8-7(11)6(10)5(3-9)12-8/h4-11H,3H2,1-2H3. The largest absolute Gasteiger partial charge is 0.394 e. The third-order valence-corrected chi connectivity index (χ3v) is 2.24. The van der Waals surface area contributed by atoms with E-state index >= 15 is 0 Å². The van der Waals surface area contributed by atoms with Crippen molar-refractivity contribution >= 4 is 0 Å². The summed E-state index contributed by atoms with van der Waals surface area (Å²) < 4.78 is 5.25. The molecule has 1 aliphatic heterocycles. The van der Waals surface area contributed by atoms with Crippen molar-refractivity contribution in [1.29, 1.82) is 0 Å². The Bertz CT molecular complexity index is 148. The van der Waals surface area contributed by atoms with Gasteiger partial charge in [-0.1, -0.05) is 13.8 Å². The maximum Gasteiger partial charge on any atom is 0.111 e. The summed E-state index contributed by atoms with van der Waals surface area (Å²) in [7, 11) is 0. The fraction of sp³-hybridized carbons (Fsp3) is 1.00. The molecule has 4 nitrogen and oxygen atoms in total. The van der Waals surface area contributed by atoms with Gasteiger partial charge in [-0.25, -0.2) is 0 Å². The predicted molar refractivity (Wildman–Crippen MR) is 42.6 cm³/mol. The third-order valence-electron chi connectivity index (χ3n) is 2.24. The molecule has 0 aromatic rings. The highest BCUT2D eigenvalue weighted by Gasteiger charge is 2.43. The number of aliphatic hydroxyl groups is 3. The first kappa shape index (κ1) is 9.92. The molecular weight excluding hydrogens is 160 g/mol. The van der Waals surface area contributed by atoms with Gasteiger partial charge in [0.1, 0.15) is 18.3 Å². The topological polar surface area (TPSA) is 69.9 Å². The van der Waals surface area contributed by atoms with E-state index in [2.05, 4.69) is 0 Å². The molecule has 4 heteroatoms. The van der Waals surface area contributed by atoms with E-state index in [1.807, 2.05) is 13.8 Å². The van der Waals surface area contributed by atoms with E-state index in [1.54, 1.807) is 0 Å². The molecule has 0 aromatic carbocycles. The summed E-state index contributed by atoms with van der Waals surface area (Å²) in [5.41, 5.74) is 0. The highest BCUT2D eigenvalue weighted by atomic mass is 16.6. The lowest BCUT2D eigenvalue weighted by Gasteiger charge is -2.17. The Hall–Kier alpha value is -0.160. The summed E-state index contributed by atoms with van der Waals surface area (Å²) in [5, 5.41) is 27.5. The molecule has 3 N–H and O–H groups in total. The molecule has 72 valence electrons. The van der Waals surface area contributed by atoms with Crippen molar-refractivity contribution in [2.75, 3.05) is 6.61 Å². The number of hydrogen-bond acceptors (Lipinski definition) is 4. The van der Waals surface area contributed by atoms with Crippen LogP contribution >= 0.6 is 0 Å². The molecule has 0 saturated carbocycles. The average Bonchev–Trinajstić information content (AvgIpc) is 2.30. The minimum atomic E-state index is -0.956. The molecule has 12 heavy (non-hydrogen) atoms. The van der Waals surface area contributed by atoms with Gasteiger partial charge in [-0.2, -0.15) is 0 Å². The third kappa shape index (κ3) is 1.61. The highest BCUT2D eigenvalue weighted by molar-refractivity contribution is 4.91. The van der Waals surface area contributed by atoms with Gasteiger partial charge in [0, 0.05) is 0 Å². The van der Waals surface area contributed by atoms with Crippen LogP contribution in [0, 0.1) is 5.92 Å². The number of ether oxygens (including phenoxy) is 1. The Morgan fingerprint density at radius 1 is 1.25 bits per heavy atom. The van der Waals surface area contributed by atoms with E-state index in [4.69, 9.17) is 9.84 Å². The Kier molecular flexibility index (Phi) is 3.06. The van der Waals surface area contributed by atoms with Crippen LogP contribution in [0.3, 0.4) is 0 Å². The number of rotatable bonds is 2. The second-order valence-corrected chi connectivity index (χ2v) is 3.55. The average molecular weight is 176 g/mol. The van der Waals surface area contributed by atoms with Gasteiger partial charge < -0.3 is 20.1 Å². The van der Waals surface area contributed by atoms with Crippen molar-refractivity contribution < 1.29 is 20.1 Å². The SMILES string of the molecule is CC(C)C1OC(CO)C(O)C1O. The van der Waals surface area contributed by atoms with E-state index in [1.165, 1.54) is 0 Å². The van der Waals surface area contributed by atoms with Crippen molar-refractivity contribution in [1.82, 2.24) is 0 Å². The van der Waals surface area contributed by atoms with Gasteiger partial charge in [-0.3, -0.25) is 0 Å². The van der Waals surface area contributed by atoms with Gasteiger partial charge in [0.15, 0.2) is 0 Å². The summed E-state index contributed by atoms with van der Waals surface area (Å²) in [6.07, 6.45) is -2.82. The molecule has 0 amide bonds. The highest BCUT2D eigenvalue weighted by Crippen LogP contribution is 2.25.